The lowest BCUT2D eigenvalue weighted by molar-refractivity contribution is -0.134. The molecule has 0 aliphatic carbocycles. The Balaban J connectivity index is 1.84. The highest BCUT2D eigenvalue weighted by molar-refractivity contribution is 5.94. The van der Waals surface area contributed by atoms with Gasteiger partial charge in [0.05, 0.1) is 27.3 Å². The summed E-state index contributed by atoms with van der Waals surface area (Å²) < 4.78 is 23.8. The van der Waals surface area contributed by atoms with Gasteiger partial charge in [0.1, 0.15) is 5.75 Å². The van der Waals surface area contributed by atoms with Crippen LogP contribution in [0.2, 0.25) is 0 Å². The van der Waals surface area contributed by atoms with Crippen molar-refractivity contribution in [3.8, 4) is 11.5 Å². The van der Waals surface area contributed by atoms with Crippen molar-refractivity contribution in [2.45, 2.75) is 6.54 Å². The lowest BCUT2D eigenvalue weighted by atomic mass is 10.2. The Morgan fingerprint density at radius 2 is 1.79 bits per heavy atom. The molecular formula is C21H26FN3O4. The van der Waals surface area contributed by atoms with E-state index in [4.69, 9.17) is 9.47 Å². The first kappa shape index (κ1) is 22.2. The second kappa shape index (κ2) is 10.4. The van der Waals surface area contributed by atoms with E-state index >= 15 is 0 Å². The van der Waals surface area contributed by atoms with E-state index in [0.29, 0.717) is 18.0 Å². The zero-order valence-electron chi connectivity index (χ0n) is 17.1. The van der Waals surface area contributed by atoms with E-state index in [-0.39, 0.29) is 30.7 Å². The van der Waals surface area contributed by atoms with Crippen LogP contribution in [0.25, 0.3) is 0 Å². The summed E-state index contributed by atoms with van der Waals surface area (Å²) in [7, 11) is 6.27. The molecule has 156 valence electrons. The number of halogens is 1. The monoisotopic (exact) mass is 403 g/mol. The van der Waals surface area contributed by atoms with Crippen LogP contribution in [0, 0.1) is 5.82 Å². The maximum atomic E-state index is 13.8. The molecule has 0 saturated carbocycles. The van der Waals surface area contributed by atoms with Crippen LogP contribution < -0.4 is 14.8 Å². The third-order valence-corrected chi connectivity index (χ3v) is 4.23. The van der Waals surface area contributed by atoms with E-state index in [1.807, 2.05) is 0 Å². The van der Waals surface area contributed by atoms with E-state index in [1.54, 1.807) is 62.5 Å². The maximum absolute atomic E-state index is 13.8. The molecule has 2 rings (SSSR count). The van der Waals surface area contributed by atoms with Gasteiger partial charge >= 0.3 is 0 Å². The van der Waals surface area contributed by atoms with Gasteiger partial charge in [0.15, 0.2) is 11.6 Å². The number of ether oxygens (including phenoxy) is 2. The molecule has 0 saturated heterocycles. The van der Waals surface area contributed by atoms with Crippen molar-refractivity contribution >= 4 is 17.5 Å². The smallest absolute Gasteiger partial charge is 0.243 e. The molecule has 0 aliphatic heterocycles. The van der Waals surface area contributed by atoms with Gasteiger partial charge in [-0.25, -0.2) is 4.39 Å². The summed E-state index contributed by atoms with van der Waals surface area (Å²) in [6.07, 6.45) is 0. The Morgan fingerprint density at radius 3 is 2.45 bits per heavy atom. The predicted molar refractivity (Wildman–Crippen MR) is 109 cm³/mol. The summed E-state index contributed by atoms with van der Waals surface area (Å²) in [5.74, 6) is -0.176. The number of carbonyl (C=O) groups is 2. The van der Waals surface area contributed by atoms with Crippen LogP contribution in [0.15, 0.2) is 42.5 Å². The first-order chi connectivity index (χ1) is 13.8. The highest BCUT2D eigenvalue weighted by Crippen LogP contribution is 2.18. The van der Waals surface area contributed by atoms with Crippen LogP contribution in [-0.4, -0.2) is 63.0 Å². The van der Waals surface area contributed by atoms with E-state index < -0.39 is 5.82 Å². The molecule has 0 radical (unpaired) electrons. The normalized spacial score (nSPS) is 10.6. The summed E-state index contributed by atoms with van der Waals surface area (Å²) in [6.45, 7) is 0.397. The number of nitrogens with one attached hydrogen (secondary N) is 1. The van der Waals surface area contributed by atoms with Crippen molar-refractivity contribution in [1.82, 2.24) is 9.80 Å². The zero-order chi connectivity index (χ0) is 21.4. The molecule has 0 fully saturated rings. The Hall–Kier alpha value is -3.13. The minimum absolute atomic E-state index is 0.0823. The van der Waals surface area contributed by atoms with Gasteiger partial charge in [-0.3, -0.25) is 14.5 Å². The van der Waals surface area contributed by atoms with Crippen LogP contribution in [0.5, 0.6) is 11.5 Å². The molecule has 0 spiro atoms. The number of anilines is 1. The quantitative estimate of drug-likeness (QED) is 0.696. The molecule has 0 aliphatic rings. The minimum atomic E-state index is -0.448. The third-order valence-electron chi connectivity index (χ3n) is 4.23. The summed E-state index contributed by atoms with van der Waals surface area (Å²) in [5, 5.41) is 2.73. The molecule has 2 aromatic carbocycles. The SMILES string of the molecule is COc1cccc(NC(=O)CN(C)C(=O)CN(C)Cc2ccc(OC)c(F)c2)c1. The minimum Gasteiger partial charge on any atom is -0.497 e. The number of carbonyl (C=O) groups excluding carboxylic acids is 2. The van der Waals surface area contributed by atoms with E-state index in [1.165, 1.54) is 18.1 Å². The van der Waals surface area contributed by atoms with Crippen molar-refractivity contribution in [3.63, 3.8) is 0 Å². The Kier molecular flexibility index (Phi) is 7.97. The molecule has 29 heavy (non-hydrogen) atoms. The fraction of sp³-hybridized carbons (Fsp3) is 0.333. The zero-order valence-corrected chi connectivity index (χ0v) is 17.1. The van der Waals surface area contributed by atoms with Gasteiger partial charge in [-0.2, -0.15) is 0 Å². The molecular weight excluding hydrogens is 377 g/mol. The van der Waals surface area contributed by atoms with E-state index in [9.17, 15) is 14.0 Å². The largest absolute Gasteiger partial charge is 0.497 e. The van der Waals surface area contributed by atoms with E-state index in [0.717, 1.165) is 5.56 Å². The number of rotatable bonds is 9. The Bertz CT molecular complexity index is 860. The summed E-state index contributed by atoms with van der Waals surface area (Å²) in [4.78, 5) is 27.7. The van der Waals surface area contributed by atoms with Gasteiger partial charge in [-0.1, -0.05) is 12.1 Å². The average Bonchev–Trinajstić information content (AvgIpc) is 2.68. The molecule has 7 nitrogen and oxygen atoms in total. The molecule has 0 unspecified atom stereocenters. The highest BCUT2D eigenvalue weighted by atomic mass is 19.1. The van der Waals surface area contributed by atoms with Gasteiger partial charge < -0.3 is 19.7 Å². The average molecular weight is 403 g/mol. The molecule has 0 atom stereocenters. The molecule has 2 aromatic rings. The summed E-state index contributed by atoms with van der Waals surface area (Å²) in [5.41, 5.74) is 1.31. The molecule has 8 heteroatoms. The number of hydrogen-bond donors (Lipinski definition) is 1. The molecule has 1 N–H and O–H groups in total. The standard InChI is InChI=1S/C21H26FN3O4/c1-24(12-15-8-9-19(29-4)18(22)10-15)14-21(27)25(2)13-20(26)23-16-6-5-7-17(11-16)28-3/h5-11H,12-14H2,1-4H3,(H,23,26). The Morgan fingerprint density at radius 1 is 1.03 bits per heavy atom. The maximum Gasteiger partial charge on any atom is 0.243 e. The van der Waals surface area contributed by atoms with Crippen LogP contribution >= 0.6 is 0 Å². The lowest BCUT2D eigenvalue weighted by Crippen LogP contribution is -2.40. The van der Waals surface area contributed by atoms with Crippen LogP contribution in [-0.2, 0) is 16.1 Å². The van der Waals surface area contributed by atoms with Gasteiger partial charge in [0.25, 0.3) is 0 Å². The van der Waals surface area contributed by atoms with E-state index in [2.05, 4.69) is 5.32 Å². The fourth-order valence-electron chi connectivity index (χ4n) is 2.73. The lowest BCUT2D eigenvalue weighted by Gasteiger charge is -2.22. The van der Waals surface area contributed by atoms with Crippen LogP contribution in [0.1, 0.15) is 5.56 Å². The predicted octanol–water partition coefficient (Wildman–Crippen LogP) is 2.37. The van der Waals surface area contributed by atoms with Crippen molar-refractivity contribution in [1.29, 1.82) is 0 Å². The number of amides is 2. The Labute approximate surface area is 170 Å². The van der Waals surface area contributed by atoms with Crippen molar-refractivity contribution < 1.29 is 23.5 Å². The van der Waals surface area contributed by atoms with Crippen molar-refractivity contribution in [2.24, 2.45) is 0 Å². The molecule has 0 aromatic heterocycles. The van der Waals surface area contributed by atoms with Gasteiger partial charge in [0, 0.05) is 25.3 Å². The first-order valence-electron chi connectivity index (χ1n) is 9.01. The van der Waals surface area contributed by atoms with Crippen molar-refractivity contribution in [3.05, 3.63) is 53.8 Å². The van der Waals surface area contributed by atoms with Crippen molar-refractivity contribution in [2.75, 3.05) is 46.7 Å². The third kappa shape index (κ3) is 6.76. The molecule has 0 bridgehead atoms. The second-order valence-corrected chi connectivity index (χ2v) is 6.67. The van der Waals surface area contributed by atoms with Crippen LogP contribution in [0.3, 0.4) is 0 Å². The number of methoxy groups -OCH3 is 2. The van der Waals surface area contributed by atoms with Crippen LogP contribution in [0.4, 0.5) is 10.1 Å². The number of nitrogens with zero attached hydrogens (tertiary/aromatic N) is 2. The molecule has 2 amide bonds. The topological polar surface area (TPSA) is 71.1 Å². The second-order valence-electron chi connectivity index (χ2n) is 6.67. The van der Waals surface area contributed by atoms with Gasteiger partial charge in [-0.15, -0.1) is 0 Å². The van der Waals surface area contributed by atoms with Gasteiger partial charge in [-0.05, 0) is 36.9 Å². The number of hydrogen-bond acceptors (Lipinski definition) is 5. The molecule has 0 heterocycles. The first-order valence-corrected chi connectivity index (χ1v) is 9.01. The number of likely N-dealkylation sites (N-methyl/N-ethyl adjacent to an activating group) is 2. The fourth-order valence-corrected chi connectivity index (χ4v) is 2.73. The highest BCUT2D eigenvalue weighted by Gasteiger charge is 2.16. The van der Waals surface area contributed by atoms with Gasteiger partial charge in [0.2, 0.25) is 11.8 Å². The summed E-state index contributed by atoms with van der Waals surface area (Å²) >= 11 is 0. The number of benzene rings is 2. The summed E-state index contributed by atoms with van der Waals surface area (Å²) in [6, 6.07) is 11.6.